The number of carbonyl (C=O) groups excluding carboxylic acids is 1. The summed E-state index contributed by atoms with van der Waals surface area (Å²) in [5.41, 5.74) is 2.03. The molecule has 0 saturated heterocycles. The SMILES string of the molecule is O=C(CO)c1cncc(Cc2ccc(Cn3ccccc3=O)c(F)c2)c1. The van der Waals surface area contributed by atoms with Crippen LogP contribution in [-0.4, -0.2) is 27.0 Å². The van der Waals surface area contributed by atoms with E-state index in [0.717, 1.165) is 11.1 Å². The van der Waals surface area contributed by atoms with Crippen LogP contribution in [0, 0.1) is 5.82 Å². The topological polar surface area (TPSA) is 72.2 Å². The van der Waals surface area contributed by atoms with Crippen molar-refractivity contribution in [1.29, 1.82) is 0 Å². The minimum atomic E-state index is -0.576. The molecule has 1 aromatic carbocycles. The molecule has 0 amide bonds. The third kappa shape index (κ3) is 4.10. The van der Waals surface area contributed by atoms with E-state index in [0.29, 0.717) is 17.5 Å². The molecule has 0 unspecified atom stereocenters. The Morgan fingerprint density at radius 2 is 1.96 bits per heavy atom. The lowest BCUT2D eigenvalue weighted by atomic mass is 10.0. The highest BCUT2D eigenvalue weighted by molar-refractivity contribution is 5.96. The number of hydrogen-bond acceptors (Lipinski definition) is 4. The number of aliphatic hydroxyl groups excluding tert-OH is 1. The number of hydrogen-bond donors (Lipinski definition) is 1. The number of halogens is 1. The van der Waals surface area contributed by atoms with E-state index in [9.17, 15) is 14.0 Å². The Labute approximate surface area is 149 Å². The van der Waals surface area contributed by atoms with Gasteiger partial charge in [-0.05, 0) is 35.7 Å². The van der Waals surface area contributed by atoms with E-state index in [4.69, 9.17) is 5.11 Å². The normalized spacial score (nSPS) is 10.7. The predicted molar refractivity (Wildman–Crippen MR) is 94.7 cm³/mol. The molecule has 2 heterocycles. The molecule has 1 N–H and O–H groups in total. The van der Waals surface area contributed by atoms with Crippen LogP contribution >= 0.6 is 0 Å². The fourth-order valence-corrected chi connectivity index (χ4v) is 2.67. The number of Topliss-reactive ketones (excluding diaryl/α,β-unsaturated/α-hetero) is 1. The van der Waals surface area contributed by atoms with Crippen LogP contribution in [0.4, 0.5) is 4.39 Å². The number of aliphatic hydroxyl groups is 1. The van der Waals surface area contributed by atoms with Gasteiger partial charge >= 0.3 is 0 Å². The molecule has 5 nitrogen and oxygen atoms in total. The van der Waals surface area contributed by atoms with E-state index in [1.165, 1.54) is 22.9 Å². The molecule has 0 radical (unpaired) electrons. The lowest BCUT2D eigenvalue weighted by Gasteiger charge is -2.09. The van der Waals surface area contributed by atoms with Crippen LogP contribution in [0.25, 0.3) is 0 Å². The number of pyridine rings is 2. The van der Waals surface area contributed by atoms with Gasteiger partial charge in [-0.2, -0.15) is 0 Å². The molecule has 0 spiro atoms. The molecule has 0 aliphatic heterocycles. The Morgan fingerprint density at radius 1 is 1.12 bits per heavy atom. The van der Waals surface area contributed by atoms with Gasteiger partial charge in [-0.15, -0.1) is 0 Å². The maximum atomic E-state index is 14.4. The summed E-state index contributed by atoms with van der Waals surface area (Å²) in [7, 11) is 0. The smallest absolute Gasteiger partial charge is 0.250 e. The van der Waals surface area contributed by atoms with Crippen molar-refractivity contribution in [1.82, 2.24) is 9.55 Å². The summed E-state index contributed by atoms with van der Waals surface area (Å²) >= 11 is 0. The average molecular weight is 352 g/mol. The predicted octanol–water partition coefficient (Wildman–Crippen LogP) is 2.20. The molecule has 0 bridgehead atoms. The monoisotopic (exact) mass is 352 g/mol. The molecule has 0 atom stereocenters. The van der Waals surface area contributed by atoms with Crippen molar-refractivity contribution in [3.63, 3.8) is 0 Å². The maximum Gasteiger partial charge on any atom is 0.250 e. The number of benzene rings is 1. The van der Waals surface area contributed by atoms with Gasteiger partial charge in [-0.25, -0.2) is 4.39 Å². The van der Waals surface area contributed by atoms with Crippen LogP contribution in [0.3, 0.4) is 0 Å². The minimum Gasteiger partial charge on any atom is -0.388 e. The number of ketones is 1. The van der Waals surface area contributed by atoms with Gasteiger partial charge in [0.2, 0.25) is 0 Å². The number of aromatic nitrogens is 2. The van der Waals surface area contributed by atoms with Crippen molar-refractivity contribution in [2.75, 3.05) is 6.61 Å². The van der Waals surface area contributed by atoms with Crippen molar-refractivity contribution in [3.8, 4) is 0 Å². The van der Waals surface area contributed by atoms with E-state index in [1.807, 2.05) is 0 Å². The highest BCUT2D eigenvalue weighted by Gasteiger charge is 2.09. The third-order valence-electron chi connectivity index (χ3n) is 4.03. The van der Waals surface area contributed by atoms with Crippen LogP contribution in [0.15, 0.2) is 65.8 Å². The largest absolute Gasteiger partial charge is 0.388 e. The minimum absolute atomic E-state index is 0.161. The van der Waals surface area contributed by atoms with Crippen molar-refractivity contribution in [2.45, 2.75) is 13.0 Å². The van der Waals surface area contributed by atoms with Gasteiger partial charge in [-0.3, -0.25) is 14.6 Å². The van der Waals surface area contributed by atoms with Crippen LogP contribution in [0.2, 0.25) is 0 Å². The van der Waals surface area contributed by atoms with Crippen molar-refractivity contribution >= 4 is 5.78 Å². The summed E-state index contributed by atoms with van der Waals surface area (Å²) in [5.74, 6) is -0.803. The summed E-state index contributed by atoms with van der Waals surface area (Å²) in [6.07, 6.45) is 5.01. The van der Waals surface area contributed by atoms with Crippen LogP contribution < -0.4 is 5.56 Å². The van der Waals surface area contributed by atoms with E-state index in [-0.39, 0.29) is 12.1 Å². The maximum absolute atomic E-state index is 14.4. The Hall–Kier alpha value is -3.12. The molecule has 0 aliphatic carbocycles. The summed E-state index contributed by atoms with van der Waals surface area (Å²) in [4.78, 5) is 27.3. The zero-order valence-corrected chi connectivity index (χ0v) is 13.9. The lowest BCUT2D eigenvalue weighted by Crippen LogP contribution is -2.18. The van der Waals surface area contributed by atoms with Crippen molar-refractivity contribution in [3.05, 3.63) is 99.5 Å². The van der Waals surface area contributed by atoms with Crippen molar-refractivity contribution < 1.29 is 14.3 Å². The lowest BCUT2D eigenvalue weighted by molar-refractivity contribution is 0.0903. The molecule has 3 aromatic rings. The standard InChI is InChI=1S/C20H17FN2O3/c21-18-9-14(7-15-8-17(11-22-10-15)19(25)13-24)4-5-16(18)12-23-6-2-1-3-20(23)26/h1-6,8-11,24H,7,12-13H2. The fraction of sp³-hybridized carbons (Fsp3) is 0.150. The summed E-state index contributed by atoms with van der Waals surface area (Å²) in [6.45, 7) is -0.416. The van der Waals surface area contributed by atoms with Crippen LogP contribution in [0.1, 0.15) is 27.0 Å². The van der Waals surface area contributed by atoms with Gasteiger partial charge < -0.3 is 9.67 Å². The van der Waals surface area contributed by atoms with Gasteiger partial charge in [0.05, 0.1) is 6.54 Å². The molecule has 132 valence electrons. The molecule has 26 heavy (non-hydrogen) atoms. The Kier molecular flexibility index (Phi) is 5.34. The molecular weight excluding hydrogens is 335 g/mol. The first kappa shape index (κ1) is 17.7. The second kappa shape index (κ2) is 7.84. The fourth-order valence-electron chi connectivity index (χ4n) is 2.67. The molecule has 0 fully saturated rings. The van der Waals surface area contributed by atoms with Crippen molar-refractivity contribution in [2.24, 2.45) is 0 Å². The molecule has 6 heteroatoms. The van der Waals surface area contributed by atoms with Gasteiger partial charge in [0.25, 0.3) is 5.56 Å². The molecule has 0 saturated carbocycles. The highest BCUT2D eigenvalue weighted by Crippen LogP contribution is 2.16. The Morgan fingerprint density at radius 3 is 2.69 bits per heavy atom. The van der Waals surface area contributed by atoms with Gasteiger partial charge in [0.15, 0.2) is 5.78 Å². The van der Waals surface area contributed by atoms with E-state index < -0.39 is 18.2 Å². The first-order valence-corrected chi connectivity index (χ1v) is 8.07. The van der Waals surface area contributed by atoms with Gasteiger partial charge in [0.1, 0.15) is 12.4 Å². The number of rotatable bonds is 6. The Bertz CT molecular complexity index is 998. The molecule has 2 aromatic heterocycles. The highest BCUT2D eigenvalue weighted by atomic mass is 19.1. The van der Waals surface area contributed by atoms with Gasteiger partial charge in [0, 0.05) is 35.8 Å². The molecule has 3 rings (SSSR count). The summed E-state index contributed by atoms with van der Waals surface area (Å²) in [5, 5.41) is 8.93. The van der Waals surface area contributed by atoms with E-state index in [1.54, 1.807) is 42.7 Å². The van der Waals surface area contributed by atoms with Crippen LogP contribution in [-0.2, 0) is 13.0 Å². The molecule has 0 aliphatic rings. The van der Waals surface area contributed by atoms with Crippen LogP contribution in [0.5, 0.6) is 0 Å². The quantitative estimate of drug-likeness (QED) is 0.691. The second-order valence-corrected chi connectivity index (χ2v) is 5.93. The summed E-state index contributed by atoms with van der Waals surface area (Å²) in [6, 6.07) is 11.3. The first-order chi connectivity index (χ1) is 12.6. The zero-order valence-electron chi connectivity index (χ0n) is 13.9. The average Bonchev–Trinajstić information content (AvgIpc) is 2.65. The molecular formula is C20H17FN2O3. The van der Waals surface area contributed by atoms with Gasteiger partial charge in [-0.1, -0.05) is 18.2 Å². The summed E-state index contributed by atoms with van der Waals surface area (Å²) < 4.78 is 15.9. The second-order valence-electron chi connectivity index (χ2n) is 5.93. The third-order valence-corrected chi connectivity index (χ3v) is 4.03. The number of nitrogens with zero attached hydrogens (tertiary/aromatic N) is 2. The van der Waals surface area contributed by atoms with E-state index >= 15 is 0 Å². The number of carbonyl (C=O) groups is 1. The zero-order chi connectivity index (χ0) is 18.5. The van der Waals surface area contributed by atoms with E-state index in [2.05, 4.69) is 4.98 Å². The Balaban J connectivity index is 1.79. The first-order valence-electron chi connectivity index (χ1n) is 8.07.